The van der Waals surface area contributed by atoms with Gasteiger partial charge in [-0.2, -0.15) is 0 Å². The summed E-state index contributed by atoms with van der Waals surface area (Å²) in [6, 6.07) is 4.04. The average Bonchev–Trinajstić information content (AvgIpc) is 2.26. The number of rotatable bonds is 6. The van der Waals surface area contributed by atoms with E-state index in [2.05, 4.69) is 45.1 Å². The Morgan fingerprint density at radius 3 is 2.87 bits per heavy atom. The van der Waals surface area contributed by atoms with Crippen LogP contribution in [0.5, 0.6) is 0 Å². The Morgan fingerprint density at radius 1 is 1.47 bits per heavy atom. The summed E-state index contributed by atoms with van der Waals surface area (Å²) >= 11 is 3.37. The van der Waals surface area contributed by atoms with Crippen molar-refractivity contribution in [2.24, 2.45) is 0 Å². The number of nitrogens with zero attached hydrogens (tertiary/aromatic N) is 2. The largest absolute Gasteiger partial charge is 0.310 e. The third kappa shape index (κ3) is 5.25. The van der Waals surface area contributed by atoms with E-state index < -0.39 is 0 Å². The van der Waals surface area contributed by atoms with E-state index in [1.54, 1.807) is 0 Å². The predicted molar refractivity (Wildman–Crippen MR) is 66.8 cm³/mol. The van der Waals surface area contributed by atoms with Gasteiger partial charge in [-0.15, -0.1) is 0 Å². The van der Waals surface area contributed by atoms with E-state index in [9.17, 15) is 0 Å². The van der Waals surface area contributed by atoms with Crippen LogP contribution < -0.4 is 5.32 Å². The van der Waals surface area contributed by atoms with Crippen LogP contribution in [-0.4, -0.2) is 36.6 Å². The lowest BCUT2D eigenvalue weighted by Gasteiger charge is -2.13. The molecule has 0 atom stereocenters. The number of nitrogens with one attached hydrogen (secondary N) is 1. The van der Waals surface area contributed by atoms with Crippen LogP contribution in [0.25, 0.3) is 0 Å². The van der Waals surface area contributed by atoms with Crippen molar-refractivity contribution in [2.45, 2.75) is 13.5 Å². The Balaban J connectivity index is 2.17. The molecule has 0 radical (unpaired) electrons. The van der Waals surface area contributed by atoms with Gasteiger partial charge in [0.1, 0.15) is 0 Å². The molecule has 1 aromatic rings. The Kier molecular flexibility index (Phi) is 5.83. The molecule has 0 aliphatic heterocycles. The van der Waals surface area contributed by atoms with Gasteiger partial charge in [0.2, 0.25) is 0 Å². The molecular weight excluding hydrogens is 254 g/mol. The van der Waals surface area contributed by atoms with Crippen molar-refractivity contribution in [3.05, 3.63) is 28.5 Å². The van der Waals surface area contributed by atoms with Gasteiger partial charge in [-0.05, 0) is 41.7 Å². The first-order chi connectivity index (χ1) is 7.22. The highest BCUT2D eigenvalue weighted by Gasteiger charge is 1.96. The maximum Gasteiger partial charge on any atom is 0.0542 e. The normalized spacial score (nSPS) is 10.9. The SMILES string of the molecule is CCN(C)CCNCc1ccc(Br)cn1. The smallest absolute Gasteiger partial charge is 0.0542 e. The highest BCUT2D eigenvalue weighted by atomic mass is 79.9. The topological polar surface area (TPSA) is 28.2 Å². The van der Waals surface area contributed by atoms with E-state index in [1.165, 1.54) is 0 Å². The molecule has 0 aliphatic rings. The van der Waals surface area contributed by atoms with Crippen molar-refractivity contribution in [3.63, 3.8) is 0 Å². The average molecular weight is 272 g/mol. The lowest BCUT2D eigenvalue weighted by atomic mass is 10.3. The molecule has 0 bridgehead atoms. The van der Waals surface area contributed by atoms with Crippen LogP contribution in [0.15, 0.2) is 22.8 Å². The molecule has 4 heteroatoms. The molecule has 1 heterocycles. The van der Waals surface area contributed by atoms with Crippen molar-refractivity contribution < 1.29 is 0 Å². The van der Waals surface area contributed by atoms with Crippen LogP contribution in [0, 0.1) is 0 Å². The minimum absolute atomic E-state index is 0.838. The molecule has 0 saturated heterocycles. The summed E-state index contributed by atoms with van der Waals surface area (Å²) in [4.78, 5) is 6.57. The molecular formula is C11H18BrN3. The van der Waals surface area contributed by atoms with Crippen LogP contribution in [-0.2, 0) is 6.54 Å². The standard InChI is InChI=1S/C11H18BrN3/c1-3-15(2)7-6-13-9-11-5-4-10(12)8-14-11/h4-5,8,13H,3,6-7,9H2,1-2H3. The molecule has 0 spiro atoms. The molecule has 1 aromatic heterocycles. The lowest BCUT2D eigenvalue weighted by Crippen LogP contribution is -2.28. The number of pyridine rings is 1. The fourth-order valence-electron chi connectivity index (χ4n) is 1.16. The first-order valence-electron chi connectivity index (χ1n) is 5.22. The zero-order valence-electron chi connectivity index (χ0n) is 9.33. The molecule has 84 valence electrons. The number of aromatic nitrogens is 1. The van der Waals surface area contributed by atoms with E-state index in [0.29, 0.717) is 0 Å². The van der Waals surface area contributed by atoms with Gasteiger partial charge in [0, 0.05) is 30.3 Å². The fraction of sp³-hybridized carbons (Fsp3) is 0.545. The van der Waals surface area contributed by atoms with E-state index in [-0.39, 0.29) is 0 Å². The molecule has 1 rings (SSSR count). The highest BCUT2D eigenvalue weighted by Crippen LogP contribution is 2.06. The first-order valence-corrected chi connectivity index (χ1v) is 6.01. The maximum absolute atomic E-state index is 4.29. The fourth-order valence-corrected chi connectivity index (χ4v) is 1.39. The molecule has 15 heavy (non-hydrogen) atoms. The predicted octanol–water partition coefficient (Wildman–Crippen LogP) is 1.89. The van der Waals surface area contributed by atoms with Gasteiger partial charge in [-0.3, -0.25) is 4.98 Å². The Hall–Kier alpha value is -0.450. The second-order valence-electron chi connectivity index (χ2n) is 3.54. The summed E-state index contributed by atoms with van der Waals surface area (Å²) in [5, 5.41) is 3.37. The van der Waals surface area contributed by atoms with Crippen LogP contribution in [0.2, 0.25) is 0 Å². The first kappa shape index (κ1) is 12.6. The van der Waals surface area contributed by atoms with Crippen molar-refractivity contribution >= 4 is 15.9 Å². The molecule has 0 unspecified atom stereocenters. The Bertz CT molecular complexity index is 274. The van der Waals surface area contributed by atoms with Crippen molar-refractivity contribution in [1.29, 1.82) is 0 Å². The van der Waals surface area contributed by atoms with Crippen molar-refractivity contribution in [2.75, 3.05) is 26.7 Å². The van der Waals surface area contributed by atoms with Crippen molar-refractivity contribution in [1.82, 2.24) is 15.2 Å². The van der Waals surface area contributed by atoms with E-state index in [1.807, 2.05) is 18.3 Å². The van der Waals surface area contributed by atoms with Gasteiger partial charge in [0.05, 0.1) is 5.69 Å². The Labute approximate surface area is 100 Å². The highest BCUT2D eigenvalue weighted by molar-refractivity contribution is 9.10. The quantitative estimate of drug-likeness (QED) is 0.801. The number of likely N-dealkylation sites (N-methyl/N-ethyl adjacent to an activating group) is 1. The zero-order chi connectivity index (χ0) is 11.1. The van der Waals surface area contributed by atoms with Gasteiger partial charge < -0.3 is 10.2 Å². The van der Waals surface area contributed by atoms with Gasteiger partial charge >= 0.3 is 0 Å². The van der Waals surface area contributed by atoms with Crippen LogP contribution >= 0.6 is 15.9 Å². The van der Waals surface area contributed by atoms with Crippen molar-refractivity contribution in [3.8, 4) is 0 Å². The second kappa shape index (κ2) is 6.93. The molecule has 0 aromatic carbocycles. The summed E-state index contributed by atoms with van der Waals surface area (Å²) in [6.07, 6.45) is 1.83. The maximum atomic E-state index is 4.29. The number of hydrogen-bond acceptors (Lipinski definition) is 3. The van der Waals surface area contributed by atoms with E-state index >= 15 is 0 Å². The molecule has 0 fully saturated rings. The minimum atomic E-state index is 0.838. The van der Waals surface area contributed by atoms with Crippen LogP contribution in [0.4, 0.5) is 0 Å². The lowest BCUT2D eigenvalue weighted by molar-refractivity contribution is 0.348. The van der Waals surface area contributed by atoms with Gasteiger partial charge in [0.15, 0.2) is 0 Å². The summed E-state index contributed by atoms with van der Waals surface area (Å²) in [6.45, 7) is 6.18. The summed E-state index contributed by atoms with van der Waals surface area (Å²) in [7, 11) is 2.12. The zero-order valence-corrected chi connectivity index (χ0v) is 10.9. The van der Waals surface area contributed by atoms with Crippen LogP contribution in [0.1, 0.15) is 12.6 Å². The number of halogens is 1. The van der Waals surface area contributed by atoms with Crippen LogP contribution in [0.3, 0.4) is 0 Å². The van der Waals surface area contributed by atoms with Gasteiger partial charge in [-0.25, -0.2) is 0 Å². The monoisotopic (exact) mass is 271 g/mol. The molecule has 0 amide bonds. The second-order valence-corrected chi connectivity index (χ2v) is 4.46. The summed E-state index contributed by atoms with van der Waals surface area (Å²) in [5.41, 5.74) is 1.08. The third-order valence-electron chi connectivity index (χ3n) is 2.30. The summed E-state index contributed by atoms with van der Waals surface area (Å²) in [5.74, 6) is 0. The van der Waals surface area contributed by atoms with E-state index in [4.69, 9.17) is 0 Å². The third-order valence-corrected chi connectivity index (χ3v) is 2.77. The molecule has 0 saturated carbocycles. The molecule has 3 nitrogen and oxygen atoms in total. The number of hydrogen-bond donors (Lipinski definition) is 1. The summed E-state index contributed by atoms with van der Waals surface area (Å²) < 4.78 is 1.02. The van der Waals surface area contributed by atoms with Gasteiger partial charge in [-0.1, -0.05) is 6.92 Å². The van der Waals surface area contributed by atoms with Gasteiger partial charge in [0.25, 0.3) is 0 Å². The van der Waals surface area contributed by atoms with E-state index in [0.717, 1.165) is 36.3 Å². The Morgan fingerprint density at radius 2 is 2.27 bits per heavy atom. The molecule has 1 N–H and O–H groups in total. The molecule has 0 aliphatic carbocycles. The minimum Gasteiger partial charge on any atom is -0.310 e.